The molecule has 1 aromatic rings. The lowest BCUT2D eigenvalue weighted by molar-refractivity contribution is -0.384. The minimum absolute atomic E-state index is 0.0794. The Morgan fingerprint density at radius 3 is 2.65 bits per heavy atom. The van der Waals surface area contributed by atoms with E-state index in [1.165, 1.54) is 19.2 Å². The molecular formula is C11H12F3N3O3. The van der Waals surface area contributed by atoms with Crippen molar-refractivity contribution in [1.29, 1.82) is 0 Å². The second-order valence-electron chi connectivity index (χ2n) is 4.86. The zero-order valence-corrected chi connectivity index (χ0v) is 10.4. The molecule has 2 N–H and O–H groups in total. The predicted octanol–water partition coefficient (Wildman–Crippen LogP) is 2.17. The molecule has 0 bridgehead atoms. The van der Waals surface area contributed by atoms with E-state index in [-0.39, 0.29) is 11.5 Å². The smallest absolute Gasteiger partial charge is 0.380 e. The van der Waals surface area contributed by atoms with Crippen LogP contribution in [-0.2, 0) is 0 Å². The average Bonchev–Trinajstić information content (AvgIpc) is 2.24. The number of nitro groups is 1. The maximum Gasteiger partial charge on any atom is 0.417 e. The van der Waals surface area contributed by atoms with Crippen LogP contribution in [0.3, 0.4) is 0 Å². The molecule has 0 atom stereocenters. The molecular weight excluding hydrogens is 279 g/mol. The Morgan fingerprint density at radius 2 is 2.15 bits per heavy atom. The molecule has 0 spiro atoms. The highest BCUT2D eigenvalue weighted by Gasteiger charge is 2.61. The molecule has 0 unspecified atom stereocenters. The molecule has 1 aromatic heterocycles. The van der Waals surface area contributed by atoms with Gasteiger partial charge < -0.3 is 10.4 Å². The number of alkyl halides is 3. The summed E-state index contributed by atoms with van der Waals surface area (Å²) in [6, 6.07) is 0.741. The molecule has 110 valence electrons. The van der Waals surface area contributed by atoms with Crippen LogP contribution in [0.25, 0.3) is 0 Å². The van der Waals surface area contributed by atoms with Crippen molar-refractivity contribution in [2.75, 3.05) is 5.32 Å². The number of aromatic nitrogens is 1. The maximum absolute atomic E-state index is 12.5. The Kier molecular flexibility index (Phi) is 3.32. The molecule has 6 nitrogen and oxygen atoms in total. The van der Waals surface area contributed by atoms with E-state index >= 15 is 0 Å². The molecule has 1 aliphatic rings. The number of halogens is 3. The zero-order chi connectivity index (χ0) is 15.1. The first-order valence-electron chi connectivity index (χ1n) is 5.80. The van der Waals surface area contributed by atoms with Crippen LogP contribution in [-0.4, -0.2) is 32.8 Å². The van der Waals surface area contributed by atoms with Crippen molar-refractivity contribution in [2.24, 2.45) is 0 Å². The maximum atomic E-state index is 12.5. The monoisotopic (exact) mass is 291 g/mol. The molecule has 0 saturated heterocycles. The average molecular weight is 291 g/mol. The van der Waals surface area contributed by atoms with E-state index in [2.05, 4.69) is 10.3 Å². The number of pyridine rings is 1. The lowest BCUT2D eigenvalue weighted by Crippen LogP contribution is -2.59. The Labute approximate surface area is 111 Å². The molecule has 1 aliphatic carbocycles. The van der Waals surface area contributed by atoms with Gasteiger partial charge >= 0.3 is 11.9 Å². The van der Waals surface area contributed by atoms with Crippen LogP contribution in [0, 0.1) is 17.0 Å². The fourth-order valence-corrected chi connectivity index (χ4v) is 2.17. The van der Waals surface area contributed by atoms with Crippen molar-refractivity contribution >= 4 is 11.5 Å². The van der Waals surface area contributed by atoms with E-state index in [0.29, 0.717) is 5.56 Å². The standard InChI is InChI=1S/C11H12F3N3O3/c1-6-2-3-15-9(8(6)17(19)20)16-7-4-10(18,5-7)11(12,13)14/h2-3,7,18H,4-5H2,1H3,(H,15,16). The van der Waals surface area contributed by atoms with Gasteiger partial charge in [0.05, 0.1) is 4.92 Å². The fraction of sp³-hybridized carbons (Fsp3) is 0.545. The summed E-state index contributed by atoms with van der Waals surface area (Å²) in [6.45, 7) is 1.51. The van der Waals surface area contributed by atoms with Gasteiger partial charge in [-0.15, -0.1) is 0 Å². The summed E-state index contributed by atoms with van der Waals surface area (Å²) in [7, 11) is 0. The number of aliphatic hydroxyl groups is 1. The summed E-state index contributed by atoms with van der Waals surface area (Å²) < 4.78 is 37.4. The van der Waals surface area contributed by atoms with E-state index in [4.69, 9.17) is 0 Å². The fourth-order valence-electron chi connectivity index (χ4n) is 2.17. The van der Waals surface area contributed by atoms with Crippen LogP contribution in [0.2, 0.25) is 0 Å². The van der Waals surface area contributed by atoms with Crippen LogP contribution in [0.4, 0.5) is 24.7 Å². The van der Waals surface area contributed by atoms with Crippen molar-refractivity contribution in [3.63, 3.8) is 0 Å². The number of nitrogens with zero attached hydrogens (tertiary/aromatic N) is 2. The topological polar surface area (TPSA) is 88.3 Å². The molecule has 0 radical (unpaired) electrons. The van der Waals surface area contributed by atoms with Gasteiger partial charge in [-0.25, -0.2) is 4.98 Å². The molecule has 1 saturated carbocycles. The molecule has 1 heterocycles. The second-order valence-corrected chi connectivity index (χ2v) is 4.86. The first-order chi connectivity index (χ1) is 9.14. The van der Waals surface area contributed by atoms with Crippen molar-refractivity contribution in [2.45, 2.75) is 37.6 Å². The predicted molar refractivity (Wildman–Crippen MR) is 63.3 cm³/mol. The van der Waals surface area contributed by atoms with Gasteiger partial charge in [0.15, 0.2) is 5.60 Å². The van der Waals surface area contributed by atoms with Crippen molar-refractivity contribution in [3.05, 3.63) is 27.9 Å². The SMILES string of the molecule is Cc1ccnc(NC2CC(O)(C(F)(F)F)C2)c1[N+](=O)[O-]. The molecule has 0 amide bonds. The van der Waals surface area contributed by atoms with Gasteiger partial charge in [0.1, 0.15) is 0 Å². The van der Waals surface area contributed by atoms with Gasteiger partial charge in [0, 0.05) is 30.6 Å². The van der Waals surface area contributed by atoms with E-state index in [1.54, 1.807) is 0 Å². The lowest BCUT2D eigenvalue weighted by atomic mass is 9.75. The Balaban J connectivity index is 2.11. The molecule has 9 heteroatoms. The van der Waals surface area contributed by atoms with E-state index in [1.807, 2.05) is 0 Å². The normalized spacial score (nSPS) is 25.9. The quantitative estimate of drug-likeness (QED) is 0.658. The van der Waals surface area contributed by atoms with Crippen molar-refractivity contribution in [3.8, 4) is 0 Å². The second kappa shape index (κ2) is 4.58. The number of nitrogens with one attached hydrogen (secondary N) is 1. The molecule has 2 rings (SSSR count). The summed E-state index contributed by atoms with van der Waals surface area (Å²) >= 11 is 0. The molecule has 1 fully saturated rings. The Morgan fingerprint density at radius 1 is 1.55 bits per heavy atom. The summed E-state index contributed by atoms with van der Waals surface area (Å²) in [5, 5.41) is 22.8. The number of hydrogen-bond donors (Lipinski definition) is 2. The highest BCUT2D eigenvalue weighted by atomic mass is 19.4. The number of aryl methyl sites for hydroxylation is 1. The van der Waals surface area contributed by atoms with Crippen LogP contribution in [0.15, 0.2) is 12.3 Å². The van der Waals surface area contributed by atoms with Crippen LogP contribution in [0.1, 0.15) is 18.4 Å². The van der Waals surface area contributed by atoms with E-state index < -0.39 is 35.6 Å². The van der Waals surface area contributed by atoms with Gasteiger partial charge in [-0.3, -0.25) is 10.1 Å². The molecule has 0 aliphatic heterocycles. The van der Waals surface area contributed by atoms with Crippen molar-refractivity contribution in [1.82, 2.24) is 4.98 Å². The largest absolute Gasteiger partial charge is 0.417 e. The Hall–Kier alpha value is -1.90. The summed E-state index contributed by atoms with van der Waals surface area (Å²) in [6.07, 6.45) is -4.47. The number of anilines is 1. The van der Waals surface area contributed by atoms with Gasteiger partial charge in [0.25, 0.3) is 0 Å². The summed E-state index contributed by atoms with van der Waals surface area (Å²) in [4.78, 5) is 14.1. The lowest BCUT2D eigenvalue weighted by Gasteiger charge is -2.44. The third kappa shape index (κ3) is 2.40. The molecule has 0 aromatic carbocycles. The zero-order valence-electron chi connectivity index (χ0n) is 10.4. The van der Waals surface area contributed by atoms with Gasteiger partial charge in [-0.1, -0.05) is 0 Å². The summed E-state index contributed by atoms with van der Waals surface area (Å²) in [5.41, 5.74) is -2.63. The van der Waals surface area contributed by atoms with Crippen LogP contribution in [0.5, 0.6) is 0 Å². The van der Waals surface area contributed by atoms with Crippen LogP contribution >= 0.6 is 0 Å². The third-order valence-corrected chi connectivity index (χ3v) is 3.35. The van der Waals surface area contributed by atoms with Gasteiger partial charge in [-0.05, 0) is 13.0 Å². The minimum Gasteiger partial charge on any atom is -0.380 e. The van der Waals surface area contributed by atoms with Gasteiger partial charge in [-0.2, -0.15) is 13.2 Å². The van der Waals surface area contributed by atoms with Crippen molar-refractivity contribution < 1.29 is 23.2 Å². The minimum atomic E-state index is -4.70. The first-order valence-corrected chi connectivity index (χ1v) is 5.80. The highest BCUT2D eigenvalue weighted by Crippen LogP contribution is 2.46. The summed E-state index contributed by atoms with van der Waals surface area (Å²) in [5.74, 6) is -0.0794. The molecule has 20 heavy (non-hydrogen) atoms. The number of rotatable bonds is 3. The highest BCUT2D eigenvalue weighted by molar-refractivity contribution is 5.60. The first kappa shape index (κ1) is 14.5. The third-order valence-electron chi connectivity index (χ3n) is 3.35. The van der Waals surface area contributed by atoms with Crippen LogP contribution < -0.4 is 5.32 Å². The van der Waals surface area contributed by atoms with E-state index in [9.17, 15) is 28.4 Å². The van der Waals surface area contributed by atoms with E-state index in [0.717, 1.165) is 0 Å². The number of hydrogen-bond acceptors (Lipinski definition) is 5. The Bertz CT molecular complexity index is 541. The van der Waals surface area contributed by atoms with Gasteiger partial charge in [0.2, 0.25) is 5.82 Å².